The Morgan fingerprint density at radius 3 is 2.69 bits per heavy atom. The molecule has 0 aliphatic carbocycles. The van der Waals surface area contributed by atoms with Gasteiger partial charge in [-0.15, -0.1) is 16.4 Å². The van der Waals surface area contributed by atoms with E-state index in [2.05, 4.69) is 31.9 Å². The van der Waals surface area contributed by atoms with E-state index in [-0.39, 0.29) is 0 Å². The van der Waals surface area contributed by atoms with Crippen LogP contribution in [0.5, 0.6) is 0 Å². The van der Waals surface area contributed by atoms with Crippen LogP contribution in [0.25, 0.3) is 0 Å². The summed E-state index contributed by atoms with van der Waals surface area (Å²) in [5.41, 5.74) is 2.14. The quantitative estimate of drug-likeness (QED) is 0.839. The summed E-state index contributed by atoms with van der Waals surface area (Å²) in [5.74, 6) is 0. The van der Waals surface area contributed by atoms with E-state index in [0.29, 0.717) is 0 Å². The molecule has 4 nitrogen and oxygen atoms in total. The van der Waals surface area contributed by atoms with Crippen molar-refractivity contribution in [3.63, 3.8) is 0 Å². The number of nitrogens with zero attached hydrogens (tertiary/aromatic N) is 4. The van der Waals surface area contributed by atoms with Gasteiger partial charge in [-0.3, -0.25) is 4.90 Å². The van der Waals surface area contributed by atoms with Gasteiger partial charge in [-0.25, -0.2) is 4.98 Å². The van der Waals surface area contributed by atoms with E-state index in [1.807, 2.05) is 13.8 Å². The lowest BCUT2D eigenvalue weighted by molar-refractivity contribution is 0.320. The number of thiazole rings is 1. The minimum absolute atomic E-state index is 0.885. The molecule has 0 amide bonds. The minimum atomic E-state index is 0.885. The zero-order chi connectivity index (χ0) is 11.5. The lowest BCUT2D eigenvalue weighted by atomic mass is 10.4. The molecule has 0 saturated heterocycles. The first-order valence-corrected chi connectivity index (χ1v) is 6.68. The second kappa shape index (κ2) is 4.99. The van der Waals surface area contributed by atoms with Crippen LogP contribution in [-0.4, -0.2) is 26.5 Å². The normalized spacial score (nSPS) is 11.2. The summed E-state index contributed by atoms with van der Waals surface area (Å²) >= 11 is 3.19. The molecule has 0 fully saturated rings. The second-order valence-corrected chi connectivity index (χ2v) is 5.62. The Balaban J connectivity index is 1.94. The van der Waals surface area contributed by atoms with Gasteiger partial charge in [0, 0.05) is 17.6 Å². The average Bonchev–Trinajstić information content (AvgIpc) is 2.77. The van der Waals surface area contributed by atoms with Crippen LogP contribution < -0.4 is 0 Å². The molecule has 0 aromatic carbocycles. The van der Waals surface area contributed by atoms with E-state index < -0.39 is 0 Å². The van der Waals surface area contributed by atoms with Crippen LogP contribution in [0.3, 0.4) is 0 Å². The smallest absolute Gasteiger partial charge is 0.107 e. The Kier molecular flexibility index (Phi) is 3.63. The molecule has 2 aromatic rings. The predicted molar refractivity (Wildman–Crippen MR) is 66.7 cm³/mol. The van der Waals surface area contributed by atoms with Crippen LogP contribution in [0.15, 0.2) is 5.38 Å². The zero-order valence-corrected chi connectivity index (χ0v) is 11.2. The van der Waals surface area contributed by atoms with Crippen molar-refractivity contribution in [3.8, 4) is 0 Å². The van der Waals surface area contributed by atoms with E-state index in [0.717, 1.165) is 29.5 Å². The van der Waals surface area contributed by atoms with Crippen molar-refractivity contribution in [2.45, 2.75) is 26.9 Å². The Bertz CT molecular complexity index is 463. The maximum absolute atomic E-state index is 4.45. The van der Waals surface area contributed by atoms with Crippen LogP contribution in [0.1, 0.15) is 21.3 Å². The standard InChI is InChI=1S/C10H14N4S2/c1-7-6-15-10(11-7)5-14(3)4-9-8(2)12-13-16-9/h6H,4-5H2,1-3H3. The Hall–Kier alpha value is -0.850. The molecule has 0 unspecified atom stereocenters. The Morgan fingerprint density at radius 2 is 2.12 bits per heavy atom. The number of aryl methyl sites for hydroxylation is 2. The number of hydrogen-bond acceptors (Lipinski definition) is 6. The van der Waals surface area contributed by atoms with E-state index in [4.69, 9.17) is 0 Å². The van der Waals surface area contributed by atoms with Crippen LogP contribution in [-0.2, 0) is 13.1 Å². The van der Waals surface area contributed by atoms with Gasteiger partial charge in [0.25, 0.3) is 0 Å². The predicted octanol–water partition coefficient (Wildman–Crippen LogP) is 2.24. The summed E-state index contributed by atoms with van der Waals surface area (Å²) in [6.07, 6.45) is 0. The van der Waals surface area contributed by atoms with Crippen molar-refractivity contribution in [1.29, 1.82) is 0 Å². The number of aromatic nitrogens is 3. The molecule has 0 bridgehead atoms. The molecule has 0 saturated carbocycles. The molecule has 0 spiro atoms. The van der Waals surface area contributed by atoms with Gasteiger partial charge >= 0.3 is 0 Å². The Labute approximate surface area is 103 Å². The first-order valence-electron chi connectivity index (χ1n) is 5.02. The van der Waals surface area contributed by atoms with E-state index in [1.54, 1.807) is 11.3 Å². The van der Waals surface area contributed by atoms with Crippen molar-refractivity contribution >= 4 is 22.9 Å². The lowest BCUT2D eigenvalue weighted by Crippen LogP contribution is -2.16. The van der Waals surface area contributed by atoms with Gasteiger partial charge < -0.3 is 0 Å². The maximum Gasteiger partial charge on any atom is 0.107 e. The fourth-order valence-corrected chi connectivity index (χ4v) is 2.97. The Morgan fingerprint density at radius 1 is 1.31 bits per heavy atom. The molecule has 2 heterocycles. The lowest BCUT2D eigenvalue weighted by Gasteiger charge is -2.13. The highest BCUT2D eigenvalue weighted by molar-refractivity contribution is 7.09. The van der Waals surface area contributed by atoms with Gasteiger partial charge in [-0.05, 0) is 32.4 Å². The molecule has 0 aliphatic heterocycles. The summed E-state index contributed by atoms with van der Waals surface area (Å²) in [5, 5.41) is 7.26. The monoisotopic (exact) mass is 254 g/mol. The molecule has 16 heavy (non-hydrogen) atoms. The third kappa shape index (κ3) is 2.84. The van der Waals surface area contributed by atoms with Crippen LogP contribution in [0.2, 0.25) is 0 Å². The van der Waals surface area contributed by atoms with E-state index in [1.165, 1.54) is 16.4 Å². The fraction of sp³-hybridized carbons (Fsp3) is 0.500. The summed E-state index contributed by atoms with van der Waals surface area (Å²) in [4.78, 5) is 7.92. The third-order valence-electron chi connectivity index (χ3n) is 2.23. The van der Waals surface area contributed by atoms with Crippen molar-refractivity contribution < 1.29 is 0 Å². The zero-order valence-electron chi connectivity index (χ0n) is 9.60. The molecule has 0 aliphatic rings. The fourth-order valence-electron chi connectivity index (χ4n) is 1.40. The van der Waals surface area contributed by atoms with E-state index in [9.17, 15) is 0 Å². The van der Waals surface area contributed by atoms with Gasteiger partial charge in [-0.2, -0.15) is 0 Å². The highest BCUT2D eigenvalue weighted by atomic mass is 32.1. The topological polar surface area (TPSA) is 41.9 Å². The molecule has 0 radical (unpaired) electrons. The van der Waals surface area contributed by atoms with E-state index >= 15 is 0 Å². The average molecular weight is 254 g/mol. The first kappa shape index (κ1) is 11.6. The summed E-state index contributed by atoms with van der Waals surface area (Å²) < 4.78 is 3.94. The van der Waals surface area contributed by atoms with Crippen molar-refractivity contribution in [3.05, 3.63) is 26.7 Å². The first-order chi connectivity index (χ1) is 7.65. The minimum Gasteiger partial charge on any atom is -0.294 e. The highest BCUT2D eigenvalue weighted by Crippen LogP contribution is 2.15. The maximum atomic E-state index is 4.45. The molecular weight excluding hydrogens is 240 g/mol. The number of hydrogen-bond donors (Lipinski definition) is 0. The SMILES string of the molecule is Cc1csc(CN(C)Cc2snnc2C)n1. The van der Waals surface area contributed by atoms with Gasteiger partial charge in [0.05, 0.1) is 17.1 Å². The molecule has 2 aromatic heterocycles. The largest absolute Gasteiger partial charge is 0.294 e. The van der Waals surface area contributed by atoms with Crippen molar-refractivity contribution in [1.82, 2.24) is 19.5 Å². The van der Waals surface area contributed by atoms with Crippen molar-refractivity contribution in [2.24, 2.45) is 0 Å². The molecule has 2 rings (SSSR count). The molecule has 0 atom stereocenters. The summed E-state index contributed by atoms with van der Waals surface area (Å²) in [6.45, 7) is 5.80. The van der Waals surface area contributed by atoms with Crippen LogP contribution in [0.4, 0.5) is 0 Å². The van der Waals surface area contributed by atoms with Crippen LogP contribution in [0, 0.1) is 13.8 Å². The van der Waals surface area contributed by atoms with Crippen molar-refractivity contribution in [2.75, 3.05) is 7.05 Å². The van der Waals surface area contributed by atoms with Gasteiger partial charge in [0.1, 0.15) is 5.01 Å². The van der Waals surface area contributed by atoms with Gasteiger partial charge in [0.2, 0.25) is 0 Å². The summed E-state index contributed by atoms with van der Waals surface area (Å²) in [6, 6.07) is 0. The van der Waals surface area contributed by atoms with Crippen LogP contribution >= 0.6 is 22.9 Å². The second-order valence-electron chi connectivity index (χ2n) is 3.84. The van der Waals surface area contributed by atoms with Gasteiger partial charge in [-0.1, -0.05) is 4.49 Å². The van der Waals surface area contributed by atoms with Gasteiger partial charge in [0.15, 0.2) is 0 Å². The highest BCUT2D eigenvalue weighted by Gasteiger charge is 2.08. The molecule has 0 N–H and O–H groups in total. The summed E-state index contributed by atoms with van der Waals surface area (Å²) in [7, 11) is 2.09. The molecule has 6 heteroatoms. The number of rotatable bonds is 4. The third-order valence-corrected chi connectivity index (χ3v) is 3.99. The molecular formula is C10H14N4S2. The molecule has 86 valence electrons.